The minimum absolute atomic E-state index is 0.520. The third kappa shape index (κ3) is 3.33. The van der Waals surface area contributed by atoms with E-state index < -0.39 is 0 Å². The van der Waals surface area contributed by atoms with Gasteiger partial charge in [-0.15, -0.1) is 0 Å². The van der Waals surface area contributed by atoms with E-state index in [1.54, 1.807) is 0 Å². The number of epoxide rings is 1. The van der Waals surface area contributed by atoms with E-state index in [-0.39, 0.29) is 0 Å². The molecule has 1 heterocycles. The quantitative estimate of drug-likeness (QED) is 0.189. The molecule has 56 valence electrons. The molecule has 1 saturated heterocycles. The molecule has 10 heavy (non-hydrogen) atoms. The molecule has 0 amide bonds. The molecule has 0 saturated carbocycles. The van der Waals surface area contributed by atoms with Crippen LogP contribution in [0.5, 0.6) is 0 Å². The Labute approximate surface area is 59.8 Å². The molecule has 1 atom stereocenters. The number of hydrogen-bond acceptors (Lipinski definition) is 2. The minimum Gasteiger partial charge on any atom is -0.373 e. The standard InChI is InChI=1S/C6H11N3O/c7-9-8-4-2-1-3-6-5-10-6/h6H,1-5H2/t6-/m1/s1. The van der Waals surface area contributed by atoms with Crippen molar-refractivity contribution in [3.63, 3.8) is 0 Å². The predicted molar refractivity (Wildman–Crippen MR) is 37.6 cm³/mol. The van der Waals surface area contributed by atoms with E-state index in [1.807, 2.05) is 0 Å². The van der Waals surface area contributed by atoms with E-state index in [2.05, 4.69) is 10.0 Å². The highest BCUT2D eigenvalue weighted by Gasteiger charge is 2.20. The summed E-state index contributed by atoms with van der Waals surface area (Å²) in [6.07, 6.45) is 3.75. The van der Waals surface area contributed by atoms with Gasteiger partial charge in [-0.2, -0.15) is 0 Å². The van der Waals surface area contributed by atoms with Crippen molar-refractivity contribution >= 4 is 0 Å². The maximum Gasteiger partial charge on any atom is 0.0810 e. The van der Waals surface area contributed by atoms with Crippen LogP contribution in [0.15, 0.2) is 5.11 Å². The zero-order valence-corrected chi connectivity index (χ0v) is 5.86. The van der Waals surface area contributed by atoms with Crippen LogP contribution >= 0.6 is 0 Å². The Morgan fingerprint density at radius 3 is 3.00 bits per heavy atom. The zero-order chi connectivity index (χ0) is 7.23. The van der Waals surface area contributed by atoms with E-state index in [9.17, 15) is 0 Å². The van der Waals surface area contributed by atoms with Crippen molar-refractivity contribution in [1.29, 1.82) is 0 Å². The van der Waals surface area contributed by atoms with Gasteiger partial charge in [0.1, 0.15) is 0 Å². The number of ether oxygens (including phenoxy) is 1. The predicted octanol–water partition coefficient (Wildman–Crippen LogP) is 1.87. The summed E-state index contributed by atoms with van der Waals surface area (Å²) in [7, 11) is 0. The van der Waals surface area contributed by atoms with Crippen molar-refractivity contribution in [1.82, 2.24) is 0 Å². The van der Waals surface area contributed by atoms with Crippen LogP contribution < -0.4 is 0 Å². The molecule has 4 heteroatoms. The second-order valence-electron chi connectivity index (χ2n) is 2.41. The molecule has 0 unspecified atom stereocenters. The van der Waals surface area contributed by atoms with Crippen LogP contribution in [-0.4, -0.2) is 19.3 Å². The first-order valence-corrected chi connectivity index (χ1v) is 3.56. The molecule has 0 spiro atoms. The van der Waals surface area contributed by atoms with Crippen molar-refractivity contribution in [2.45, 2.75) is 25.4 Å². The highest BCUT2D eigenvalue weighted by atomic mass is 16.6. The highest BCUT2D eigenvalue weighted by molar-refractivity contribution is 4.68. The number of unbranched alkanes of at least 4 members (excludes halogenated alkanes) is 1. The molecule has 0 aromatic heterocycles. The molecule has 0 bridgehead atoms. The first-order valence-electron chi connectivity index (χ1n) is 3.56. The summed E-state index contributed by atoms with van der Waals surface area (Å²) in [4.78, 5) is 2.66. The van der Waals surface area contributed by atoms with Gasteiger partial charge in [0.15, 0.2) is 0 Å². The molecule has 0 N–H and O–H groups in total. The van der Waals surface area contributed by atoms with Gasteiger partial charge in [-0.1, -0.05) is 11.5 Å². The van der Waals surface area contributed by atoms with Crippen LogP contribution in [-0.2, 0) is 4.74 Å². The SMILES string of the molecule is [N-]=[N+]=NCCCC[C@@H]1CO1. The summed E-state index contributed by atoms with van der Waals surface area (Å²) in [5.41, 5.74) is 7.92. The van der Waals surface area contributed by atoms with E-state index in [4.69, 9.17) is 10.3 Å². The molecule has 1 aliphatic heterocycles. The highest BCUT2D eigenvalue weighted by Crippen LogP contribution is 2.16. The first-order chi connectivity index (χ1) is 4.93. The molecule has 1 aliphatic rings. The molecular weight excluding hydrogens is 130 g/mol. The number of hydrogen-bond donors (Lipinski definition) is 0. The van der Waals surface area contributed by atoms with Crippen LogP contribution in [0.25, 0.3) is 10.4 Å². The Kier molecular flexibility index (Phi) is 3.06. The van der Waals surface area contributed by atoms with E-state index in [0.717, 1.165) is 25.9 Å². The molecule has 0 aliphatic carbocycles. The van der Waals surface area contributed by atoms with Crippen molar-refractivity contribution in [3.05, 3.63) is 10.4 Å². The molecule has 0 aromatic rings. The summed E-state index contributed by atoms with van der Waals surface area (Å²) >= 11 is 0. The van der Waals surface area contributed by atoms with Crippen LogP contribution in [0.2, 0.25) is 0 Å². The van der Waals surface area contributed by atoms with Gasteiger partial charge in [0.25, 0.3) is 0 Å². The maximum atomic E-state index is 7.92. The molecule has 1 rings (SSSR count). The summed E-state index contributed by atoms with van der Waals surface area (Å²) in [6.45, 7) is 1.56. The van der Waals surface area contributed by atoms with Gasteiger partial charge in [-0.25, -0.2) is 0 Å². The van der Waals surface area contributed by atoms with E-state index in [0.29, 0.717) is 12.6 Å². The molecule has 0 aromatic carbocycles. The first kappa shape index (κ1) is 7.38. The smallest absolute Gasteiger partial charge is 0.0810 e. The van der Waals surface area contributed by atoms with Crippen LogP contribution in [0.1, 0.15) is 19.3 Å². The van der Waals surface area contributed by atoms with Crippen molar-refractivity contribution in [2.24, 2.45) is 5.11 Å². The van der Waals surface area contributed by atoms with Gasteiger partial charge in [0, 0.05) is 11.5 Å². The second-order valence-corrected chi connectivity index (χ2v) is 2.41. The minimum atomic E-state index is 0.520. The van der Waals surface area contributed by atoms with Crippen molar-refractivity contribution in [2.75, 3.05) is 13.2 Å². The normalized spacial score (nSPS) is 21.8. The third-order valence-corrected chi connectivity index (χ3v) is 1.50. The fraction of sp³-hybridized carbons (Fsp3) is 1.00. The number of azide groups is 1. The Bertz CT molecular complexity index is 138. The monoisotopic (exact) mass is 141 g/mol. The topological polar surface area (TPSA) is 61.3 Å². The largest absolute Gasteiger partial charge is 0.373 e. The molecular formula is C6H11N3O. The molecule has 4 nitrogen and oxygen atoms in total. The summed E-state index contributed by atoms with van der Waals surface area (Å²) < 4.78 is 5.01. The van der Waals surface area contributed by atoms with Crippen LogP contribution in [0.3, 0.4) is 0 Å². The Morgan fingerprint density at radius 1 is 1.60 bits per heavy atom. The third-order valence-electron chi connectivity index (χ3n) is 1.50. The fourth-order valence-electron chi connectivity index (χ4n) is 0.834. The molecule has 1 fully saturated rings. The average Bonchev–Trinajstić information content (AvgIpc) is 2.71. The van der Waals surface area contributed by atoms with Gasteiger partial charge < -0.3 is 4.74 Å². The zero-order valence-electron chi connectivity index (χ0n) is 5.86. The van der Waals surface area contributed by atoms with E-state index in [1.165, 1.54) is 0 Å². The average molecular weight is 141 g/mol. The molecule has 0 radical (unpaired) electrons. The maximum absolute atomic E-state index is 7.92. The van der Waals surface area contributed by atoms with Gasteiger partial charge in [-0.05, 0) is 18.4 Å². The fourth-order valence-corrected chi connectivity index (χ4v) is 0.834. The number of rotatable bonds is 5. The Balaban J connectivity index is 1.80. The lowest BCUT2D eigenvalue weighted by molar-refractivity contribution is 0.390. The lowest BCUT2D eigenvalue weighted by Gasteiger charge is -1.91. The summed E-state index contributed by atoms with van der Waals surface area (Å²) in [5.74, 6) is 0. The van der Waals surface area contributed by atoms with Crippen LogP contribution in [0, 0.1) is 0 Å². The summed E-state index contributed by atoms with van der Waals surface area (Å²) in [5, 5.41) is 3.43. The van der Waals surface area contributed by atoms with Gasteiger partial charge in [0.05, 0.1) is 12.7 Å². The van der Waals surface area contributed by atoms with Crippen molar-refractivity contribution in [3.8, 4) is 0 Å². The van der Waals surface area contributed by atoms with Gasteiger partial charge >= 0.3 is 0 Å². The van der Waals surface area contributed by atoms with Gasteiger partial charge in [0.2, 0.25) is 0 Å². The van der Waals surface area contributed by atoms with Gasteiger partial charge in [-0.3, -0.25) is 0 Å². The Morgan fingerprint density at radius 2 is 2.40 bits per heavy atom. The van der Waals surface area contributed by atoms with Crippen LogP contribution in [0.4, 0.5) is 0 Å². The van der Waals surface area contributed by atoms with Crippen molar-refractivity contribution < 1.29 is 4.74 Å². The second kappa shape index (κ2) is 4.14. The van der Waals surface area contributed by atoms with E-state index >= 15 is 0 Å². The number of nitrogens with zero attached hydrogens (tertiary/aromatic N) is 3. The lowest BCUT2D eigenvalue weighted by atomic mass is 10.2. The lowest BCUT2D eigenvalue weighted by Crippen LogP contribution is -1.86. The Hall–Kier alpha value is -0.730. The summed E-state index contributed by atoms with van der Waals surface area (Å²) in [6, 6.07) is 0.